The van der Waals surface area contributed by atoms with Crippen LogP contribution in [0.5, 0.6) is 0 Å². The van der Waals surface area contributed by atoms with E-state index in [1.165, 1.54) is 12.1 Å². The lowest BCUT2D eigenvalue weighted by molar-refractivity contribution is -0.212. The molecule has 3 rings (SSSR count). The minimum absolute atomic E-state index is 0.0111. The van der Waals surface area contributed by atoms with E-state index >= 15 is 0 Å². The summed E-state index contributed by atoms with van der Waals surface area (Å²) in [6.45, 7) is 0. The zero-order valence-corrected chi connectivity index (χ0v) is 12.2. The summed E-state index contributed by atoms with van der Waals surface area (Å²) in [5.74, 6) is -0.207. The molecule has 1 heterocycles. The lowest BCUT2D eigenvalue weighted by Crippen LogP contribution is -2.39. The molecule has 2 aliphatic rings. The summed E-state index contributed by atoms with van der Waals surface area (Å²) in [6, 6.07) is 8.00. The van der Waals surface area contributed by atoms with Crippen LogP contribution in [-0.4, -0.2) is 17.0 Å². The van der Waals surface area contributed by atoms with Crippen LogP contribution in [0.2, 0.25) is 0 Å². The molecule has 1 aliphatic carbocycles. The van der Waals surface area contributed by atoms with Gasteiger partial charge < -0.3 is 0 Å². The van der Waals surface area contributed by atoms with Gasteiger partial charge >= 0.3 is 6.30 Å². The zero-order valence-electron chi connectivity index (χ0n) is 12.2. The van der Waals surface area contributed by atoms with Crippen LogP contribution < -0.4 is 0 Å². The van der Waals surface area contributed by atoms with Crippen molar-refractivity contribution in [3.63, 3.8) is 0 Å². The lowest BCUT2D eigenvalue weighted by Gasteiger charge is -2.37. The second kappa shape index (κ2) is 5.58. The van der Waals surface area contributed by atoms with Crippen LogP contribution in [0.3, 0.4) is 0 Å². The van der Waals surface area contributed by atoms with Crippen LogP contribution in [0.1, 0.15) is 36.8 Å². The maximum atomic E-state index is 13.6. The van der Waals surface area contributed by atoms with Crippen molar-refractivity contribution in [3.05, 3.63) is 52.7 Å². The molecule has 0 aromatic heterocycles. The van der Waals surface area contributed by atoms with Crippen molar-refractivity contribution < 1.29 is 18.0 Å². The predicted molar refractivity (Wildman–Crippen MR) is 77.5 cm³/mol. The minimum atomic E-state index is -4.62. The van der Waals surface area contributed by atoms with Gasteiger partial charge in [0.1, 0.15) is 0 Å². The van der Waals surface area contributed by atoms with Gasteiger partial charge in [-0.3, -0.25) is 9.69 Å². The van der Waals surface area contributed by atoms with Gasteiger partial charge in [-0.15, -0.1) is 13.2 Å². The van der Waals surface area contributed by atoms with Crippen molar-refractivity contribution >= 4 is 11.5 Å². The Morgan fingerprint density at radius 3 is 2.70 bits per heavy atom. The van der Waals surface area contributed by atoms with E-state index < -0.39 is 6.30 Å². The summed E-state index contributed by atoms with van der Waals surface area (Å²) in [5.41, 5.74) is 0.918. The Hall–Kier alpha value is -2.55. The molecule has 0 fully saturated rings. The molecule has 0 saturated heterocycles. The third-order valence-corrected chi connectivity index (χ3v) is 4.05. The topological polar surface area (TPSA) is 44.1 Å². The van der Waals surface area contributed by atoms with E-state index in [9.17, 15) is 18.0 Å². The van der Waals surface area contributed by atoms with E-state index in [1.807, 2.05) is 6.07 Å². The number of nitriles is 1. The second-order valence-corrected chi connectivity index (χ2v) is 5.49. The van der Waals surface area contributed by atoms with Crippen molar-refractivity contribution in [1.82, 2.24) is 4.90 Å². The van der Waals surface area contributed by atoms with Gasteiger partial charge in [-0.1, -0.05) is 18.2 Å². The van der Waals surface area contributed by atoms with Crippen molar-refractivity contribution in [2.45, 2.75) is 32.0 Å². The van der Waals surface area contributed by atoms with Gasteiger partial charge in [0.15, 0.2) is 5.78 Å². The maximum absolute atomic E-state index is 13.6. The van der Waals surface area contributed by atoms with E-state index in [0.29, 0.717) is 28.9 Å². The molecule has 118 valence electrons. The molecule has 0 unspecified atom stereocenters. The zero-order chi connectivity index (χ0) is 16.6. The Bertz CT molecular complexity index is 769. The Morgan fingerprint density at radius 2 is 2.00 bits per heavy atom. The van der Waals surface area contributed by atoms with Gasteiger partial charge in [0.05, 0.1) is 17.3 Å². The normalized spacial score (nSPS) is 18.4. The molecule has 1 aromatic rings. The van der Waals surface area contributed by atoms with Crippen LogP contribution in [-0.2, 0) is 4.79 Å². The highest BCUT2D eigenvalue weighted by atomic mass is 19.4. The van der Waals surface area contributed by atoms with Crippen LogP contribution >= 0.6 is 0 Å². The number of ketones is 1. The molecule has 0 saturated carbocycles. The largest absolute Gasteiger partial charge is 0.489 e. The van der Waals surface area contributed by atoms with Gasteiger partial charge in [0, 0.05) is 17.7 Å². The molecule has 0 atom stereocenters. The summed E-state index contributed by atoms with van der Waals surface area (Å²) >= 11 is 0. The predicted octanol–water partition coefficient (Wildman–Crippen LogP) is 4.13. The van der Waals surface area contributed by atoms with E-state index in [2.05, 4.69) is 0 Å². The molecular weight excluding hydrogens is 305 g/mol. The van der Waals surface area contributed by atoms with Gasteiger partial charge in [0.2, 0.25) is 0 Å². The van der Waals surface area contributed by atoms with E-state index in [0.717, 1.165) is 0 Å². The molecular formula is C17H13F3N2O. The number of alkyl halides is 3. The third-order valence-electron chi connectivity index (χ3n) is 4.05. The third kappa shape index (κ3) is 2.74. The lowest BCUT2D eigenvalue weighted by atomic mass is 9.88. The molecule has 0 spiro atoms. The highest BCUT2D eigenvalue weighted by Crippen LogP contribution is 2.43. The SMILES string of the molecule is N#Cc1cccc(C2=CCC3=C(CCCC3=O)N2C(F)(F)F)c1. The number of nitrogens with zero attached hydrogens (tertiary/aromatic N) is 2. The highest BCUT2D eigenvalue weighted by Gasteiger charge is 2.45. The number of carbonyl (C=O) groups excluding carboxylic acids is 1. The van der Waals surface area contributed by atoms with Gasteiger partial charge in [-0.25, -0.2) is 0 Å². The number of Topliss-reactive ketones (excluding diaryl/α,β-unsaturated/α-hetero) is 1. The van der Waals surface area contributed by atoms with Crippen LogP contribution in [0.4, 0.5) is 13.2 Å². The first-order valence-electron chi connectivity index (χ1n) is 7.24. The standard InChI is InChI=1S/C17H13F3N2O/c18-17(19,20)22-14(12-4-1-3-11(9-12)10-21)8-7-13-15(22)5-2-6-16(13)23/h1,3-4,8-9H,2,5-7H2. The number of allylic oxidation sites excluding steroid dienone is 3. The van der Waals surface area contributed by atoms with Crippen molar-refractivity contribution in [3.8, 4) is 6.07 Å². The number of benzene rings is 1. The number of hydrogen-bond donors (Lipinski definition) is 0. The Labute approximate surface area is 131 Å². The molecule has 1 aliphatic heterocycles. The van der Waals surface area contributed by atoms with Gasteiger partial charge in [-0.05, 0) is 37.0 Å². The Kier molecular flexibility index (Phi) is 3.72. The molecule has 3 nitrogen and oxygen atoms in total. The summed E-state index contributed by atoms with van der Waals surface area (Å²) in [5, 5.41) is 8.95. The average Bonchev–Trinajstić information content (AvgIpc) is 2.53. The second-order valence-electron chi connectivity index (χ2n) is 5.49. The first-order valence-corrected chi connectivity index (χ1v) is 7.24. The summed E-state index contributed by atoms with van der Waals surface area (Å²) in [6.07, 6.45) is -2.03. The fourth-order valence-electron chi connectivity index (χ4n) is 3.08. The summed E-state index contributed by atoms with van der Waals surface area (Å²) in [4.78, 5) is 12.2. The van der Waals surface area contributed by atoms with Crippen molar-refractivity contribution in [2.24, 2.45) is 0 Å². The smallest absolute Gasteiger partial charge is 0.294 e. The monoisotopic (exact) mass is 318 g/mol. The maximum Gasteiger partial charge on any atom is 0.489 e. The van der Waals surface area contributed by atoms with Crippen LogP contribution in [0, 0.1) is 11.3 Å². The first kappa shape index (κ1) is 15.3. The number of halogens is 3. The Balaban J connectivity index is 2.11. The number of rotatable bonds is 1. The molecule has 0 bridgehead atoms. The van der Waals surface area contributed by atoms with Gasteiger partial charge in [-0.2, -0.15) is 5.26 Å². The molecule has 0 amide bonds. The quantitative estimate of drug-likeness (QED) is 0.731. The highest BCUT2D eigenvalue weighted by molar-refractivity contribution is 5.98. The summed E-state index contributed by atoms with van der Waals surface area (Å²) in [7, 11) is 0. The minimum Gasteiger partial charge on any atom is -0.294 e. The number of hydrogen-bond acceptors (Lipinski definition) is 3. The van der Waals surface area contributed by atoms with E-state index in [-0.39, 0.29) is 35.6 Å². The molecule has 0 radical (unpaired) electrons. The van der Waals surface area contributed by atoms with Crippen LogP contribution in [0.25, 0.3) is 5.70 Å². The van der Waals surface area contributed by atoms with Crippen molar-refractivity contribution in [1.29, 1.82) is 5.26 Å². The molecule has 1 aromatic carbocycles. The fourth-order valence-corrected chi connectivity index (χ4v) is 3.08. The van der Waals surface area contributed by atoms with Crippen molar-refractivity contribution in [2.75, 3.05) is 0 Å². The van der Waals surface area contributed by atoms with Crippen LogP contribution in [0.15, 0.2) is 41.6 Å². The Morgan fingerprint density at radius 1 is 1.22 bits per heavy atom. The molecule has 23 heavy (non-hydrogen) atoms. The van der Waals surface area contributed by atoms with Gasteiger partial charge in [0.25, 0.3) is 0 Å². The first-order chi connectivity index (χ1) is 10.9. The molecule has 0 N–H and O–H groups in total. The average molecular weight is 318 g/mol. The molecule has 6 heteroatoms. The van der Waals surface area contributed by atoms with E-state index in [4.69, 9.17) is 5.26 Å². The summed E-state index contributed by atoms with van der Waals surface area (Å²) < 4.78 is 40.9. The van der Waals surface area contributed by atoms with E-state index in [1.54, 1.807) is 18.2 Å². The number of carbonyl (C=O) groups is 1. The fraction of sp³-hybridized carbons (Fsp3) is 0.294.